The molecule has 1 aliphatic rings. The van der Waals surface area contributed by atoms with E-state index in [1.54, 1.807) is 6.07 Å². The predicted molar refractivity (Wildman–Crippen MR) is 99.1 cm³/mol. The average Bonchev–Trinajstić information content (AvgIpc) is 2.64. The number of primary amides is 1. The number of aliphatic carboxylic acids is 1. The summed E-state index contributed by atoms with van der Waals surface area (Å²) in [6, 6.07) is 5.91. The van der Waals surface area contributed by atoms with Gasteiger partial charge in [0.05, 0.1) is 17.5 Å². The van der Waals surface area contributed by atoms with Crippen LogP contribution < -0.4 is 11.1 Å². The fourth-order valence-corrected chi connectivity index (χ4v) is 3.41. The Morgan fingerprint density at radius 3 is 2.74 bits per heavy atom. The second-order valence-corrected chi connectivity index (χ2v) is 6.58. The molecule has 2 aromatic rings. The summed E-state index contributed by atoms with van der Waals surface area (Å²) in [4.78, 5) is 42.5. The average molecular weight is 370 g/mol. The van der Waals surface area contributed by atoms with Gasteiger partial charge in [0.25, 0.3) is 5.91 Å². The summed E-state index contributed by atoms with van der Waals surface area (Å²) in [6.45, 7) is 4.31. The third-order valence-corrected chi connectivity index (χ3v) is 4.81. The minimum atomic E-state index is -1.37. The lowest BCUT2D eigenvalue weighted by molar-refractivity contribution is -0.140. The van der Waals surface area contributed by atoms with Crippen LogP contribution in [0, 0.1) is 0 Å². The van der Waals surface area contributed by atoms with Crippen molar-refractivity contribution in [1.82, 2.24) is 15.2 Å². The van der Waals surface area contributed by atoms with Gasteiger partial charge in [-0.1, -0.05) is 25.1 Å². The predicted octanol–water partition coefficient (Wildman–Crippen LogP) is 0.671. The number of aromatic nitrogens is 1. The highest BCUT2D eigenvalue weighted by molar-refractivity contribution is 6.08. The van der Waals surface area contributed by atoms with Gasteiger partial charge in [0.1, 0.15) is 6.04 Å². The van der Waals surface area contributed by atoms with Crippen LogP contribution in [0.15, 0.2) is 24.3 Å². The Kier molecular flexibility index (Phi) is 5.36. The van der Waals surface area contributed by atoms with Crippen LogP contribution in [0.4, 0.5) is 0 Å². The zero-order valence-electron chi connectivity index (χ0n) is 15.1. The van der Waals surface area contributed by atoms with Crippen molar-refractivity contribution in [3.63, 3.8) is 0 Å². The molecule has 1 aromatic carbocycles. The van der Waals surface area contributed by atoms with E-state index in [9.17, 15) is 19.5 Å². The number of carboxylic acid groups (broad SMARTS) is 1. The van der Waals surface area contributed by atoms with Crippen molar-refractivity contribution in [1.29, 1.82) is 0 Å². The van der Waals surface area contributed by atoms with Gasteiger partial charge in [-0.25, -0.2) is 4.79 Å². The van der Waals surface area contributed by atoms with Crippen molar-refractivity contribution in [3.05, 3.63) is 41.1 Å². The monoisotopic (exact) mass is 370 g/mol. The summed E-state index contributed by atoms with van der Waals surface area (Å²) in [7, 11) is 0. The zero-order chi connectivity index (χ0) is 19.6. The van der Waals surface area contributed by atoms with E-state index in [-0.39, 0.29) is 0 Å². The van der Waals surface area contributed by atoms with Gasteiger partial charge in [0.15, 0.2) is 0 Å². The van der Waals surface area contributed by atoms with Crippen molar-refractivity contribution in [3.8, 4) is 0 Å². The SMILES string of the molecule is CCN1CCc2nc3ccccc3c(C(=O)NC(CC(N)=O)C(=O)O)c2C1. The first-order chi connectivity index (χ1) is 12.9. The Balaban J connectivity index is 2.07. The summed E-state index contributed by atoms with van der Waals surface area (Å²) in [5.41, 5.74) is 7.88. The van der Waals surface area contributed by atoms with Crippen LogP contribution >= 0.6 is 0 Å². The number of carbonyl (C=O) groups is 3. The lowest BCUT2D eigenvalue weighted by atomic mass is 9.95. The van der Waals surface area contributed by atoms with Crippen molar-refractivity contribution in [2.24, 2.45) is 5.73 Å². The molecule has 0 aliphatic carbocycles. The van der Waals surface area contributed by atoms with Gasteiger partial charge >= 0.3 is 5.97 Å². The van der Waals surface area contributed by atoms with Gasteiger partial charge in [-0.05, 0) is 12.6 Å². The summed E-state index contributed by atoms with van der Waals surface area (Å²) in [5, 5.41) is 12.4. The lowest BCUT2D eigenvalue weighted by Crippen LogP contribution is -2.44. The fourth-order valence-electron chi connectivity index (χ4n) is 3.41. The zero-order valence-corrected chi connectivity index (χ0v) is 15.1. The van der Waals surface area contributed by atoms with E-state index in [2.05, 4.69) is 10.2 Å². The maximum Gasteiger partial charge on any atom is 0.326 e. The Morgan fingerprint density at radius 1 is 1.33 bits per heavy atom. The molecule has 2 heterocycles. The number of carboxylic acids is 1. The number of fused-ring (bicyclic) bond motifs is 2. The van der Waals surface area contributed by atoms with E-state index < -0.39 is 30.2 Å². The third-order valence-electron chi connectivity index (χ3n) is 4.81. The summed E-state index contributed by atoms with van der Waals surface area (Å²) < 4.78 is 0. The summed E-state index contributed by atoms with van der Waals surface area (Å²) >= 11 is 0. The Labute approximate surface area is 156 Å². The maximum absolute atomic E-state index is 13.0. The van der Waals surface area contributed by atoms with Gasteiger partial charge in [0.2, 0.25) is 5.91 Å². The number of nitrogens with two attached hydrogens (primary N) is 1. The van der Waals surface area contributed by atoms with Gasteiger partial charge in [0, 0.05) is 36.2 Å². The standard InChI is InChI=1S/C19H22N4O4/c1-2-23-8-7-14-12(10-23)17(11-5-3-4-6-13(11)21-14)18(25)22-15(19(26)27)9-16(20)24/h3-6,15H,2,7-10H2,1H3,(H2,20,24)(H,22,25)(H,26,27). The number of nitrogens with zero attached hydrogens (tertiary/aromatic N) is 2. The summed E-state index contributed by atoms with van der Waals surface area (Å²) in [6.07, 6.45) is 0.255. The number of pyridine rings is 1. The van der Waals surface area contributed by atoms with Crippen LogP contribution in [0.5, 0.6) is 0 Å². The van der Waals surface area contributed by atoms with Crippen LogP contribution in [0.2, 0.25) is 0 Å². The molecule has 1 aromatic heterocycles. The van der Waals surface area contributed by atoms with Crippen LogP contribution in [0.25, 0.3) is 10.9 Å². The normalized spacial score (nSPS) is 15.1. The van der Waals surface area contributed by atoms with E-state index in [0.717, 1.165) is 30.8 Å². The van der Waals surface area contributed by atoms with Crippen molar-refractivity contribution < 1.29 is 19.5 Å². The number of hydrogen-bond acceptors (Lipinski definition) is 5. The number of likely N-dealkylation sites (N-methyl/N-ethyl adjacent to an activating group) is 1. The van der Waals surface area contributed by atoms with Gasteiger partial charge in [-0.15, -0.1) is 0 Å². The number of amides is 2. The molecule has 0 bridgehead atoms. The molecule has 0 fully saturated rings. The molecule has 4 N–H and O–H groups in total. The van der Waals surface area contributed by atoms with Crippen LogP contribution in [-0.2, 0) is 22.6 Å². The highest BCUT2D eigenvalue weighted by Crippen LogP contribution is 2.28. The quantitative estimate of drug-likeness (QED) is 0.686. The number of carbonyl (C=O) groups excluding carboxylic acids is 2. The van der Waals surface area contributed by atoms with Crippen molar-refractivity contribution in [2.45, 2.75) is 32.4 Å². The second-order valence-electron chi connectivity index (χ2n) is 6.58. The number of para-hydroxylation sites is 1. The largest absolute Gasteiger partial charge is 0.480 e. The van der Waals surface area contributed by atoms with E-state index in [1.165, 1.54) is 0 Å². The molecule has 1 atom stereocenters. The molecular weight excluding hydrogens is 348 g/mol. The van der Waals surface area contributed by atoms with Crippen LogP contribution in [-0.4, -0.2) is 51.9 Å². The van der Waals surface area contributed by atoms with Gasteiger partial charge < -0.3 is 16.2 Å². The molecule has 2 amide bonds. The molecular formula is C19H22N4O4. The van der Waals surface area contributed by atoms with Gasteiger partial charge in [-0.3, -0.25) is 19.5 Å². The molecule has 142 valence electrons. The molecule has 27 heavy (non-hydrogen) atoms. The van der Waals surface area contributed by atoms with Crippen LogP contribution in [0.1, 0.15) is 35.0 Å². The molecule has 0 spiro atoms. The molecule has 8 heteroatoms. The van der Waals surface area contributed by atoms with E-state index in [1.807, 2.05) is 25.1 Å². The first-order valence-electron chi connectivity index (χ1n) is 8.85. The fraction of sp³-hybridized carbons (Fsp3) is 0.368. The lowest BCUT2D eigenvalue weighted by Gasteiger charge is -2.29. The number of rotatable bonds is 6. The number of benzene rings is 1. The van der Waals surface area contributed by atoms with E-state index in [4.69, 9.17) is 10.7 Å². The highest BCUT2D eigenvalue weighted by Gasteiger charge is 2.28. The molecule has 3 rings (SSSR count). The molecule has 0 saturated heterocycles. The number of hydrogen-bond donors (Lipinski definition) is 3. The minimum absolute atomic E-state index is 0.421. The molecule has 1 unspecified atom stereocenters. The van der Waals surface area contributed by atoms with Crippen molar-refractivity contribution in [2.75, 3.05) is 13.1 Å². The number of nitrogens with one attached hydrogen (secondary N) is 1. The first kappa shape index (κ1) is 18.8. The highest BCUT2D eigenvalue weighted by atomic mass is 16.4. The summed E-state index contributed by atoms with van der Waals surface area (Å²) in [5.74, 6) is -2.62. The molecule has 8 nitrogen and oxygen atoms in total. The smallest absolute Gasteiger partial charge is 0.326 e. The second kappa shape index (κ2) is 7.71. The molecule has 1 aliphatic heterocycles. The first-order valence-corrected chi connectivity index (χ1v) is 8.85. The Hall–Kier alpha value is -3.00. The Morgan fingerprint density at radius 2 is 2.07 bits per heavy atom. The topological polar surface area (TPSA) is 126 Å². The minimum Gasteiger partial charge on any atom is -0.480 e. The molecule has 0 radical (unpaired) electrons. The van der Waals surface area contributed by atoms with E-state index in [0.29, 0.717) is 23.0 Å². The van der Waals surface area contributed by atoms with Gasteiger partial charge in [-0.2, -0.15) is 0 Å². The van der Waals surface area contributed by atoms with Crippen molar-refractivity contribution >= 4 is 28.7 Å². The Bertz CT molecular complexity index is 912. The van der Waals surface area contributed by atoms with Crippen LogP contribution in [0.3, 0.4) is 0 Å². The third kappa shape index (κ3) is 3.90. The maximum atomic E-state index is 13.0. The van der Waals surface area contributed by atoms with E-state index >= 15 is 0 Å². The molecule has 0 saturated carbocycles.